The third kappa shape index (κ3) is 5.40. The zero-order chi connectivity index (χ0) is 15.0. The van der Waals surface area contributed by atoms with E-state index in [1.165, 1.54) is 4.90 Å². The predicted octanol–water partition coefficient (Wildman–Crippen LogP) is 1.46. The van der Waals surface area contributed by atoms with Crippen LogP contribution in [0.3, 0.4) is 0 Å². The molecule has 110 valence electrons. The Labute approximate surface area is 120 Å². The number of anilines is 1. The normalized spacial score (nSPS) is 11.8. The Morgan fingerprint density at radius 3 is 2.55 bits per heavy atom. The van der Waals surface area contributed by atoms with E-state index in [0.717, 1.165) is 18.5 Å². The van der Waals surface area contributed by atoms with E-state index < -0.39 is 0 Å². The molecule has 0 radical (unpaired) electrons. The number of carbonyl (C=O) groups is 2. The van der Waals surface area contributed by atoms with Crippen molar-refractivity contribution >= 4 is 17.5 Å². The number of amides is 2. The van der Waals surface area contributed by atoms with Crippen molar-refractivity contribution in [1.29, 1.82) is 0 Å². The first-order chi connectivity index (χ1) is 9.54. The van der Waals surface area contributed by atoms with Crippen LogP contribution >= 0.6 is 0 Å². The van der Waals surface area contributed by atoms with E-state index in [-0.39, 0.29) is 24.3 Å². The molecule has 0 spiro atoms. The summed E-state index contributed by atoms with van der Waals surface area (Å²) >= 11 is 0. The summed E-state index contributed by atoms with van der Waals surface area (Å²) in [4.78, 5) is 25.3. The number of hydrogen-bond donors (Lipinski definition) is 2. The second kappa shape index (κ2) is 8.32. The molecule has 0 aliphatic heterocycles. The van der Waals surface area contributed by atoms with Gasteiger partial charge < -0.3 is 16.0 Å². The molecule has 0 aliphatic rings. The van der Waals surface area contributed by atoms with Crippen LogP contribution in [-0.4, -0.2) is 36.9 Å². The van der Waals surface area contributed by atoms with Crippen molar-refractivity contribution in [3.05, 3.63) is 30.3 Å². The molecule has 0 bridgehead atoms. The molecule has 0 aromatic heterocycles. The predicted molar refractivity (Wildman–Crippen MR) is 80.2 cm³/mol. The van der Waals surface area contributed by atoms with Gasteiger partial charge in [0.05, 0.1) is 6.54 Å². The summed E-state index contributed by atoms with van der Waals surface area (Å²) in [5, 5.41) is 2.76. The highest BCUT2D eigenvalue weighted by Gasteiger charge is 2.18. The van der Waals surface area contributed by atoms with Crippen molar-refractivity contribution in [2.24, 2.45) is 11.7 Å². The van der Waals surface area contributed by atoms with Crippen LogP contribution in [0.15, 0.2) is 30.3 Å². The molecule has 5 heteroatoms. The summed E-state index contributed by atoms with van der Waals surface area (Å²) in [6.07, 6.45) is 1.57. The smallest absolute Gasteiger partial charge is 0.243 e. The van der Waals surface area contributed by atoms with Crippen LogP contribution in [0, 0.1) is 5.92 Å². The van der Waals surface area contributed by atoms with E-state index in [9.17, 15) is 9.59 Å². The Hall–Kier alpha value is -1.88. The van der Waals surface area contributed by atoms with E-state index in [1.54, 1.807) is 7.05 Å². The molecule has 0 fully saturated rings. The molecular weight excluding hydrogens is 254 g/mol. The lowest BCUT2D eigenvalue weighted by Crippen LogP contribution is -2.38. The minimum Gasteiger partial charge on any atom is -0.336 e. The topological polar surface area (TPSA) is 75.4 Å². The van der Waals surface area contributed by atoms with Gasteiger partial charge in [0.15, 0.2) is 0 Å². The maximum Gasteiger partial charge on any atom is 0.243 e. The molecule has 20 heavy (non-hydrogen) atoms. The van der Waals surface area contributed by atoms with Gasteiger partial charge in [0.25, 0.3) is 0 Å². The number of nitrogens with two attached hydrogens (primary N) is 1. The summed E-state index contributed by atoms with van der Waals surface area (Å²) in [6, 6.07) is 9.19. The Morgan fingerprint density at radius 2 is 1.95 bits per heavy atom. The van der Waals surface area contributed by atoms with Crippen molar-refractivity contribution in [3.8, 4) is 0 Å². The van der Waals surface area contributed by atoms with Crippen molar-refractivity contribution < 1.29 is 9.59 Å². The molecule has 1 atom stereocenters. The van der Waals surface area contributed by atoms with Gasteiger partial charge in [-0.3, -0.25) is 9.59 Å². The van der Waals surface area contributed by atoms with E-state index in [0.29, 0.717) is 6.54 Å². The standard InChI is InChI=1S/C15H23N3O2/c1-12(7-6-10-16)15(20)18(2)11-14(19)17-13-8-4-3-5-9-13/h3-5,8-9,12H,6-7,10-11,16H2,1-2H3,(H,17,19). The molecule has 3 N–H and O–H groups in total. The van der Waals surface area contributed by atoms with Crippen LogP contribution in [0.5, 0.6) is 0 Å². The van der Waals surface area contributed by atoms with Gasteiger partial charge in [-0.05, 0) is 31.5 Å². The third-order valence-electron chi connectivity index (χ3n) is 3.08. The van der Waals surface area contributed by atoms with Crippen molar-refractivity contribution in [3.63, 3.8) is 0 Å². The molecule has 5 nitrogen and oxygen atoms in total. The monoisotopic (exact) mass is 277 g/mol. The summed E-state index contributed by atoms with van der Waals surface area (Å²) < 4.78 is 0. The lowest BCUT2D eigenvalue weighted by Gasteiger charge is -2.20. The molecular formula is C15H23N3O2. The van der Waals surface area contributed by atoms with Crippen molar-refractivity contribution in [2.75, 3.05) is 25.5 Å². The number of benzene rings is 1. The lowest BCUT2D eigenvalue weighted by molar-refractivity contribution is -0.136. The minimum absolute atomic E-state index is 0.0262. The van der Waals surface area contributed by atoms with E-state index in [4.69, 9.17) is 5.73 Å². The molecule has 0 saturated heterocycles. The molecule has 2 amide bonds. The number of carbonyl (C=O) groups excluding carboxylic acids is 2. The molecule has 1 aromatic rings. The average Bonchev–Trinajstić information content (AvgIpc) is 2.44. The van der Waals surface area contributed by atoms with E-state index >= 15 is 0 Å². The van der Waals surface area contributed by atoms with Gasteiger partial charge in [0, 0.05) is 18.7 Å². The maximum absolute atomic E-state index is 12.0. The van der Waals surface area contributed by atoms with Crippen LogP contribution in [0.1, 0.15) is 19.8 Å². The minimum atomic E-state index is -0.196. The summed E-state index contributed by atoms with van der Waals surface area (Å²) in [7, 11) is 1.64. The second-order valence-electron chi connectivity index (χ2n) is 4.94. The Bertz CT molecular complexity index is 434. The summed E-state index contributed by atoms with van der Waals surface area (Å²) in [5.74, 6) is -0.326. The van der Waals surface area contributed by atoms with Crippen LogP contribution in [0.2, 0.25) is 0 Å². The van der Waals surface area contributed by atoms with Gasteiger partial charge in [-0.2, -0.15) is 0 Å². The average molecular weight is 277 g/mol. The number of nitrogens with one attached hydrogen (secondary N) is 1. The highest BCUT2D eigenvalue weighted by Crippen LogP contribution is 2.09. The van der Waals surface area contributed by atoms with Crippen LogP contribution < -0.4 is 11.1 Å². The van der Waals surface area contributed by atoms with Gasteiger partial charge in [-0.15, -0.1) is 0 Å². The van der Waals surface area contributed by atoms with Gasteiger partial charge in [0.2, 0.25) is 11.8 Å². The number of rotatable bonds is 7. The third-order valence-corrected chi connectivity index (χ3v) is 3.08. The number of likely N-dealkylation sites (N-methyl/N-ethyl adjacent to an activating group) is 1. The number of para-hydroxylation sites is 1. The SMILES string of the molecule is CC(CCCN)C(=O)N(C)CC(=O)Nc1ccccc1. The first-order valence-corrected chi connectivity index (χ1v) is 6.84. The molecule has 0 heterocycles. The fourth-order valence-electron chi connectivity index (χ4n) is 1.94. The molecule has 1 rings (SSSR count). The van der Waals surface area contributed by atoms with Gasteiger partial charge in [-0.1, -0.05) is 25.1 Å². The fraction of sp³-hybridized carbons (Fsp3) is 0.467. The lowest BCUT2D eigenvalue weighted by atomic mass is 10.0. The quantitative estimate of drug-likeness (QED) is 0.792. The Morgan fingerprint density at radius 1 is 1.30 bits per heavy atom. The largest absolute Gasteiger partial charge is 0.336 e. The van der Waals surface area contributed by atoms with E-state index in [2.05, 4.69) is 5.32 Å². The number of nitrogens with zero attached hydrogens (tertiary/aromatic N) is 1. The highest BCUT2D eigenvalue weighted by atomic mass is 16.2. The number of hydrogen-bond acceptors (Lipinski definition) is 3. The van der Waals surface area contributed by atoms with Gasteiger partial charge >= 0.3 is 0 Å². The van der Waals surface area contributed by atoms with Gasteiger partial charge in [0.1, 0.15) is 0 Å². The molecule has 0 aliphatic carbocycles. The maximum atomic E-state index is 12.0. The highest BCUT2D eigenvalue weighted by molar-refractivity contribution is 5.94. The van der Waals surface area contributed by atoms with Crippen molar-refractivity contribution in [1.82, 2.24) is 4.90 Å². The van der Waals surface area contributed by atoms with Crippen LogP contribution in [0.4, 0.5) is 5.69 Å². The van der Waals surface area contributed by atoms with Crippen molar-refractivity contribution in [2.45, 2.75) is 19.8 Å². The molecule has 1 unspecified atom stereocenters. The Balaban J connectivity index is 2.42. The van der Waals surface area contributed by atoms with Crippen LogP contribution in [0.25, 0.3) is 0 Å². The first kappa shape index (κ1) is 16.2. The molecule has 0 saturated carbocycles. The second-order valence-corrected chi connectivity index (χ2v) is 4.94. The summed E-state index contributed by atoms with van der Waals surface area (Å²) in [6.45, 7) is 2.50. The fourth-order valence-corrected chi connectivity index (χ4v) is 1.94. The van der Waals surface area contributed by atoms with Gasteiger partial charge in [-0.25, -0.2) is 0 Å². The first-order valence-electron chi connectivity index (χ1n) is 6.84. The van der Waals surface area contributed by atoms with E-state index in [1.807, 2.05) is 37.3 Å². The Kier molecular flexibility index (Phi) is 6.73. The summed E-state index contributed by atoms with van der Waals surface area (Å²) in [5.41, 5.74) is 6.16. The zero-order valence-corrected chi connectivity index (χ0v) is 12.1. The zero-order valence-electron chi connectivity index (χ0n) is 12.1. The van der Waals surface area contributed by atoms with Crippen LogP contribution in [-0.2, 0) is 9.59 Å². The molecule has 1 aromatic carbocycles.